The van der Waals surface area contributed by atoms with E-state index in [9.17, 15) is 13.5 Å². The molecule has 1 aromatic carbocycles. The third kappa shape index (κ3) is 6.11. The van der Waals surface area contributed by atoms with Gasteiger partial charge in [-0.3, -0.25) is 4.84 Å². The van der Waals surface area contributed by atoms with Gasteiger partial charge in [-0.2, -0.15) is 4.98 Å². The highest BCUT2D eigenvalue weighted by molar-refractivity contribution is 9.10. The Morgan fingerprint density at radius 3 is 2.71 bits per heavy atom. The Morgan fingerprint density at radius 2 is 2.07 bits per heavy atom. The molecule has 1 aromatic heterocycles. The number of nitrogens with zero attached hydrogens (tertiary/aromatic N) is 2. The number of benzene rings is 1. The van der Waals surface area contributed by atoms with Gasteiger partial charge < -0.3 is 15.7 Å². The minimum atomic E-state index is -3.78. The maximum Gasteiger partial charge on any atom is 0.262 e. The van der Waals surface area contributed by atoms with E-state index in [-0.39, 0.29) is 36.0 Å². The second kappa shape index (κ2) is 10.1. The Kier molecular flexibility index (Phi) is 8.13. The van der Waals surface area contributed by atoms with Gasteiger partial charge in [0.1, 0.15) is 5.82 Å². The first-order valence-electron chi connectivity index (χ1n) is 8.67. The SMILES string of the molecule is CCONS(=O)(=O)c1cccc(Nc2ncc(Br)c(N[C@@H](CO)C(C)C)n2)c1. The molecule has 0 aliphatic rings. The van der Waals surface area contributed by atoms with Gasteiger partial charge in [-0.1, -0.05) is 24.8 Å². The fourth-order valence-corrected chi connectivity index (χ4v) is 3.40. The number of sulfonamides is 1. The summed E-state index contributed by atoms with van der Waals surface area (Å²) in [5.41, 5.74) is 0.496. The van der Waals surface area contributed by atoms with Gasteiger partial charge in [0.25, 0.3) is 10.0 Å². The topological polar surface area (TPSA) is 125 Å². The Balaban J connectivity index is 2.22. The molecular weight excluding hydrogens is 450 g/mol. The average molecular weight is 474 g/mol. The van der Waals surface area contributed by atoms with Crippen LogP contribution in [0.1, 0.15) is 20.8 Å². The summed E-state index contributed by atoms with van der Waals surface area (Å²) in [5.74, 6) is 0.994. The first kappa shape index (κ1) is 22.5. The number of rotatable bonds is 10. The predicted molar refractivity (Wildman–Crippen MR) is 111 cm³/mol. The second-order valence-corrected chi connectivity index (χ2v) is 8.74. The van der Waals surface area contributed by atoms with Crippen LogP contribution in [0.4, 0.5) is 17.5 Å². The second-order valence-electron chi connectivity index (χ2n) is 6.24. The molecule has 2 aromatic rings. The van der Waals surface area contributed by atoms with E-state index in [2.05, 4.69) is 36.5 Å². The molecule has 0 amide bonds. The van der Waals surface area contributed by atoms with Crippen LogP contribution in [0.5, 0.6) is 0 Å². The van der Waals surface area contributed by atoms with Gasteiger partial charge in [0, 0.05) is 11.9 Å². The van der Waals surface area contributed by atoms with Crippen LogP contribution in [0.2, 0.25) is 0 Å². The van der Waals surface area contributed by atoms with Crippen LogP contribution in [-0.2, 0) is 14.9 Å². The fraction of sp³-hybridized carbons (Fsp3) is 0.412. The predicted octanol–water partition coefficient (Wildman–Crippen LogP) is 2.64. The van der Waals surface area contributed by atoms with E-state index in [1.54, 1.807) is 25.3 Å². The summed E-state index contributed by atoms with van der Waals surface area (Å²) >= 11 is 3.39. The summed E-state index contributed by atoms with van der Waals surface area (Å²) in [7, 11) is -3.78. The van der Waals surface area contributed by atoms with Crippen molar-refractivity contribution < 1.29 is 18.4 Å². The Hall–Kier alpha value is -1.79. The van der Waals surface area contributed by atoms with Crippen LogP contribution in [0, 0.1) is 5.92 Å². The van der Waals surface area contributed by atoms with Gasteiger partial charge in [0.2, 0.25) is 5.95 Å². The molecule has 0 radical (unpaired) electrons. The van der Waals surface area contributed by atoms with Crippen molar-refractivity contribution in [3.05, 3.63) is 34.9 Å². The highest BCUT2D eigenvalue weighted by Crippen LogP contribution is 2.24. The normalized spacial score (nSPS) is 12.8. The van der Waals surface area contributed by atoms with Crippen LogP contribution < -0.4 is 15.5 Å². The lowest BCUT2D eigenvalue weighted by Crippen LogP contribution is -2.30. The average Bonchev–Trinajstić information content (AvgIpc) is 2.66. The summed E-state index contributed by atoms with van der Waals surface area (Å²) in [5, 5.41) is 15.7. The molecule has 11 heteroatoms. The number of anilines is 3. The van der Waals surface area contributed by atoms with Crippen LogP contribution in [0.25, 0.3) is 0 Å². The standard InChI is InChI=1S/C17H24BrN5O4S/c1-4-27-23-28(25,26)13-7-5-6-12(8-13)20-17-19-9-14(18)16(22-17)21-15(10-24)11(2)3/h5-9,11,15,23-24H,4,10H2,1-3H3,(H2,19,20,21,22)/t15-/m0/s1. The molecule has 2 rings (SSSR count). The summed E-state index contributed by atoms with van der Waals surface area (Å²) in [4.78, 5) is 15.5. The van der Waals surface area contributed by atoms with E-state index in [1.165, 1.54) is 12.1 Å². The lowest BCUT2D eigenvalue weighted by molar-refractivity contribution is 0.105. The molecule has 0 saturated carbocycles. The lowest BCUT2D eigenvalue weighted by Gasteiger charge is -2.21. The molecule has 154 valence electrons. The van der Waals surface area contributed by atoms with Crippen molar-refractivity contribution in [3.63, 3.8) is 0 Å². The monoisotopic (exact) mass is 473 g/mol. The maximum absolute atomic E-state index is 12.2. The molecule has 4 N–H and O–H groups in total. The van der Waals surface area contributed by atoms with Crippen LogP contribution in [0.15, 0.2) is 39.8 Å². The first-order valence-corrected chi connectivity index (χ1v) is 10.9. The van der Waals surface area contributed by atoms with Crippen molar-refractivity contribution in [1.82, 2.24) is 14.9 Å². The molecule has 1 atom stereocenters. The van der Waals surface area contributed by atoms with Crippen molar-refractivity contribution >= 4 is 43.4 Å². The van der Waals surface area contributed by atoms with Crippen molar-refractivity contribution in [2.75, 3.05) is 23.8 Å². The molecule has 0 aliphatic carbocycles. The summed E-state index contributed by atoms with van der Waals surface area (Å²) in [6.07, 6.45) is 1.57. The molecule has 28 heavy (non-hydrogen) atoms. The number of aliphatic hydroxyl groups is 1. The van der Waals surface area contributed by atoms with E-state index in [4.69, 9.17) is 4.84 Å². The van der Waals surface area contributed by atoms with Gasteiger partial charge in [0.15, 0.2) is 0 Å². The van der Waals surface area contributed by atoms with Crippen LogP contribution >= 0.6 is 15.9 Å². The van der Waals surface area contributed by atoms with E-state index in [0.29, 0.717) is 16.0 Å². The fourth-order valence-electron chi connectivity index (χ4n) is 2.18. The smallest absolute Gasteiger partial charge is 0.262 e. The van der Waals surface area contributed by atoms with Gasteiger partial charge in [-0.05, 0) is 47.0 Å². The summed E-state index contributed by atoms with van der Waals surface area (Å²) < 4.78 is 25.0. The summed E-state index contributed by atoms with van der Waals surface area (Å²) in [6.45, 7) is 5.83. The van der Waals surface area contributed by atoms with Crippen LogP contribution in [0.3, 0.4) is 0 Å². The minimum Gasteiger partial charge on any atom is -0.394 e. The quantitative estimate of drug-likeness (QED) is 0.388. The van der Waals surface area contributed by atoms with Gasteiger partial charge >= 0.3 is 0 Å². The third-order valence-corrected chi connectivity index (χ3v) is 5.57. The molecule has 1 heterocycles. The number of hydrogen-bond acceptors (Lipinski definition) is 8. The third-order valence-electron chi connectivity index (χ3n) is 3.78. The number of aromatic nitrogens is 2. The highest BCUT2D eigenvalue weighted by atomic mass is 79.9. The Morgan fingerprint density at radius 1 is 1.32 bits per heavy atom. The van der Waals surface area contributed by atoms with E-state index < -0.39 is 10.0 Å². The van der Waals surface area contributed by atoms with E-state index in [0.717, 1.165) is 0 Å². The largest absolute Gasteiger partial charge is 0.394 e. The molecule has 0 aliphatic heterocycles. The highest BCUT2D eigenvalue weighted by Gasteiger charge is 2.16. The Labute approximate surface area is 173 Å². The van der Waals surface area contributed by atoms with Crippen molar-refractivity contribution in [3.8, 4) is 0 Å². The van der Waals surface area contributed by atoms with Gasteiger partial charge in [-0.15, -0.1) is 0 Å². The van der Waals surface area contributed by atoms with Crippen molar-refractivity contribution in [1.29, 1.82) is 0 Å². The molecule has 0 fully saturated rings. The van der Waals surface area contributed by atoms with E-state index in [1.807, 2.05) is 18.7 Å². The van der Waals surface area contributed by atoms with Crippen LogP contribution in [-0.4, -0.2) is 42.7 Å². The van der Waals surface area contributed by atoms with Crippen molar-refractivity contribution in [2.24, 2.45) is 5.92 Å². The van der Waals surface area contributed by atoms with Crippen molar-refractivity contribution in [2.45, 2.75) is 31.7 Å². The van der Waals surface area contributed by atoms with Gasteiger partial charge in [0.05, 0.1) is 28.6 Å². The van der Waals surface area contributed by atoms with Gasteiger partial charge in [-0.25, -0.2) is 13.4 Å². The molecule has 0 saturated heterocycles. The number of aliphatic hydroxyl groups excluding tert-OH is 1. The molecule has 0 spiro atoms. The zero-order valence-corrected chi connectivity index (χ0v) is 18.2. The zero-order chi connectivity index (χ0) is 20.7. The lowest BCUT2D eigenvalue weighted by atomic mass is 10.1. The summed E-state index contributed by atoms with van der Waals surface area (Å²) in [6, 6.07) is 6.03. The maximum atomic E-state index is 12.2. The molecular formula is C17H24BrN5O4S. The number of hydrogen-bond donors (Lipinski definition) is 4. The molecule has 9 nitrogen and oxygen atoms in total. The first-order chi connectivity index (χ1) is 13.3. The minimum absolute atomic E-state index is 0.0381. The van der Waals surface area contributed by atoms with E-state index >= 15 is 0 Å². The zero-order valence-electron chi connectivity index (χ0n) is 15.8. The molecule has 0 unspecified atom stereocenters. The number of halogens is 1. The molecule has 0 bridgehead atoms. The number of nitrogens with one attached hydrogen (secondary N) is 3. The Bertz CT molecular complexity index is 895.